The first-order valence-electron chi connectivity index (χ1n) is 25.8. The maximum atomic E-state index is 13.0. The Hall–Kier alpha value is -3.58. The summed E-state index contributed by atoms with van der Waals surface area (Å²) in [7, 11) is 0. The fourth-order valence-corrected chi connectivity index (χ4v) is 7.37. The quantitative estimate of drug-likeness (QED) is 0.0182. The van der Waals surface area contributed by atoms with Crippen molar-refractivity contribution < 1.29 is 73.8 Å². The highest BCUT2D eigenvalue weighted by Gasteiger charge is 2.47. The normalized spacial score (nSPS) is 26.2. The molecule has 2 aliphatic rings. The van der Waals surface area contributed by atoms with Crippen molar-refractivity contribution in [2.75, 3.05) is 26.4 Å². The third-order valence-electron chi connectivity index (χ3n) is 11.6. The Balaban J connectivity index is 1.84. The van der Waals surface area contributed by atoms with Crippen LogP contribution in [0.25, 0.3) is 0 Å². The van der Waals surface area contributed by atoms with Crippen LogP contribution in [0.3, 0.4) is 0 Å². The Morgan fingerprint density at radius 1 is 0.457 bits per heavy atom. The predicted octanol–water partition coefficient (Wildman–Crippen LogP) is 7.37. The van der Waals surface area contributed by atoms with Gasteiger partial charge in [-0.25, -0.2) is 0 Å². The molecule has 7 N–H and O–H groups in total. The van der Waals surface area contributed by atoms with E-state index in [4.69, 9.17) is 28.4 Å². The van der Waals surface area contributed by atoms with E-state index in [9.17, 15) is 45.3 Å². The van der Waals surface area contributed by atoms with E-state index in [1.807, 2.05) is 0 Å². The summed E-state index contributed by atoms with van der Waals surface area (Å²) in [6, 6.07) is 0. The van der Waals surface area contributed by atoms with Crippen molar-refractivity contribution >= 4 is 11.9 Å². The minimum atomic E-state index is -1.78. The number of esters is 2. The molecule has 0 saturated carbocycles. The van der Waals surface area contributed by atoms with Gasteiger partial charge in [-0.2, -0.15) is 0 Å². The number of aliphatic hydroxyl groups is 7. The number of aliphatic hydroxyl groups excluding tert-OH is 7. The summed E-state index contributed by atoms with van der Waals surface area (Å²) in [5.41, 5.74) is 0. The van der Waals surface area contributed by atoms with Gasteiger partial charge in [0.05, 0.1) is 19.8 Å². The van der Waals surface area contributed by atoms with Gasteiger partial charge in [0.2, 0.25) is 0 Å². The van der Waals surface area contributed by atoms with Gasteiger partial charge < -0.3 is 64.2 Å². The van der Waals surface area contributed by atoms with Crippen molar-refractivity contribution in [2.45, 2.75) is 210 Å². The largest absolute Gasteiger partial charge is 0.462 e. The Kier molecular flexibility index (Phi) is 36.6. The maximum Gasteiger partial charge on any atom is 0.306 e. The molecule has 0 bridgehead atoms. The van der Waals surface area contributed by atoms with Gasteiger partial charge in [0.1, 0.15) is 55.4 Å². The Morgan fingerprint density at radius 3 is 1.36 bits per heavy atom. The van der Waals surface area contributed by atoms with Crippen LogP contribution < -0.4 is 0 Å². The molecule has 2 rings (SSSR count). The molecule has 15 heteroatoms. The molecule has 11 atom stereocenters. The number of carbonyl (C=O) groups excluding carboxylic acids is 2. The molecule has 0 aromatic rings. The molecule has 15 nitrogen and oxygen atoms in total. The number of hydrogen-bond donors (Lipinski definition) is 7. The summed E-state index contributed by atoms with van der Waals surface area (Å²) in [6.07, 6.45) is 34.3. The number of hydrogen-bond acceptors (Lipinski definition) is 15. The molecule has 70 heavy (non-hydrogen) atoms. The van der Waals surface area contributed by atoms with Crippen LogP contribution in [-0.2, 0) is 38.0 Å². The van der Waals surface area contributed by atoms with Crippen molar-refractivity contribution in [3.8, 4) is 0 Å². The van der Waals surface area contributed by atoms with Crippen molar-refractivity contribution in [1.82, 2.24) is 0 Å². The van der Waals surface area contributed by atoms with Crippen LogP contribution in [0.1, 0.15) is 142 Å². The fourth-order valence-electron chi connectivity index (χ4n) is 7.37. The average molecular weight is 989 g/mol. The lowest BCUT2D eigenvalue weighted by Crippen LogP contribution is -2.61. The number of rotatable bonds is 38. The molecule has 0 aliphatic carbocycles. The molecule has 2 fully saturated rings. The van der Waals surface area contributed by atoms with E-state index >= 15 is 0 Å². The molecule has 0 spiro atoms. The van der Waals surface area contributed by atoms with Crippen molar-refractivity contribution in [2.24, 2.45) is 0 Å². The third kappa shape index (κ3) is 28.5. The van der Waals surface area contributed by atoms with Crippen molar-refractivity contribution in [1.29, 1.82) is 0 Å². The minimum absolute atomic E-state index is 0.116. The smallest absolute Gasteiger partial charge is 0.306 e. The molecule has 2 heterocycles. The monoisotopic (exact) mass is 989 g/mol. The van der Waals surface area contributed by atoms with Crippen LogP contribution in [0.4, 0.5) is 0 Å². The Labute approximate surface area is 417 Å². The minimum Gasteiger partial charge on any atom is -0.462 e. The number of allylic oxidation sites excluding steroid dienone is 16. The molecular weight excluding hydrogens is 901 g/mol. The van der Waals surface area contributed by atoms with Gasteiger partial charge in [0.25, 0.3) is 0 Å². The summed E-state index contributed by atoms with van der Waals surface area (Å²) >= 11 is 0. The molecule has 0 aromatic heterocycles. The molecule has 0 aromatic carbocycles. The lowest BCUT2D eigenvalue weighted by molar-refractivity contribution is -0.332. The third-order valence-corrected chi connectivity index (χ3v) is 11.6. The van der Waals surface area contributed by atoms with Crippen LogP contribution in [0, 0.1) is 0 Å². The second-order valence-electron chi connectivity index (χ2n) is 17.6. The molecule has 2 aliphatic heterocycles. The Morgan fingerprint density at radius 2 is 0.857 bits per heavy atom. The maximum absolute atomic E-state index is 13.0. The van der Waals surface area contributed by atoms with Crippen LogP contribution in [0.15, 0.2) is 97.2 Å². The standard InChI is InChI=1S/C55H88O15/c1-3-5-7-9-11-13-15-17-19-20-21-22-24-26-28-30-32-34-36-38-47(58)68-43(40-65-46(57)37-35-33-31-29-27-25-23-18-16-14-12-10-8-6-4-2)41-66-54-53(64)51(62)49(60)45(70-54)42-67-55-52(63)50(61)48(59)44(39-56)69-55/h5-8,11-14,17-19,21-23,26,28,43-45,48-56,59-64H,3-4,9-10,15-16,20,24-25,27,29-42H2,1-2H3/b7-5+,8-6+,13-11+,14-12+,19-17+,22-21+,23-18+,28-26+/t43-,44+,45+,48-,49-,50?,51?,52?,53?,54+,55+/m1/s1. The molecule has 4 unspecified atom stereocenters. The van der Waals surface area contributed by atoms with E-state index < -0.39 is 99.3 Å². The number of ether oxygens (including phenoxy) is 6. The zero-order chi connectivity index (χ0) is 51.0. The van der Waals surface area contributed by atoms with E-state index in [-0.39, 0.29) is 19.4 Å². The highest BCUT2D eigenvalue weighted by atomic mass is 16.7. The SMILES string of the molecule is CC/C=C/C/C=C/C/C=C/C/C=C/C/C=C/CCCCCC(=O)O[C@H](COC(=O)CCCCCCC/C=C/C/C=C/C/C=C/CC)CO[C@H]1O[C@@H](CO[C@H]2O[C@@H](CO)[C@@H](O)C(O)C2O)[C@@H](O)C(O)C1O. The van der Waals surface area contributed by atoms with Gasteiger partial charge in [0.15, 0.2) is 18.7 Å². The van der Waals surface area contributed by atoms with E-state index in [1.165, 1.54) is 0 Å². The first kappa shape index (κ1) is 62.5. The first-order chi connectivity index (χ1) is 34.0. The van der Waals surface area contributed by atoms with Gasteiger partial charge in [-0.15, -0.1) is 0 Å². The van der Waals surface area contributed by atoms with E-state index in [0.29, 0.717) is 12.8 Å². The van der Waals surface area contributed by atoms with Crippen molar-refractivity contribution in [3.05, 3.63) is 97.2 Å². The van der Waals surface area contributed by atoms with Gasteiger partial charge >= 0.3 is 11.9 Å². The molecular formula is C55H88O15. The lowest BCUT2D eigenvalue weighted by atomic mass is 9.98. The summed E-state index contributed by atoms with van der Waals surface area (Å²) in [4.78, 5) is 25.8. The molecule has 2 saturated heterocycles. The topological polar surface area (TPSA) is 231 Å². The first-order valence-corrected chi connectivity index (χ1v) is 25.8. The highest BCUT2D eigenvalue weighted by Crippen LogP contribution is 2.26. The zero-order valence-corrected chi connectivity index (χ0v) is 42.0. The summed E-state index contributed by atoms with van der Waals surface area (Å²) in [5, 5.41) is 72.1. The van der Waals surface area contributed by atoms with Crippen molar-refractivity contribution in [3.63, 3.8) is 0 Å². The second kappa shape index (κ2) is 41.0. The highest BCUT2D eigenvalue weighted by molar-refractivity contribution is 5.70. The molecule has 0 amide bonds. The number of carbonyl (C=O) groups is 2. The van der Waals surface area contributed by atoms with Crippen LogP contribution in [-0.4, -0.2) is 142 Å². The number of unbranched alkanes of at least 4 members (excludes halogenated alkanes) is 8. The second-order valence-corrected chi connectivity index (χ2v) is 17.6. The Bertz CT molecular complexity index is 1580. The van der Waals surface area contributed by atoms with E-state index in [2.05, 4.69) is 111 Å². The van der Waals surface area contributed by atoms with Crippen LogP contribution in [0.2, 0.25) is 0 Å². The summed E-state index contributed by atoms with van der Waals surface area (Å²) in [5.74, 6) is -0.993. The van der Waals surface area contributed by atoms with E-state index in [1.54, 1.807) is 0 Å². The predicted molar refractivity (Wildman–Crippen MR) is 270 cm³/mol. The molecule has 398 valence electrons. The van der Waals surface area contributed by atoms with Gasteiger partial charge in [0, 0.05) is 12.8 Å². The fraction of sp³-hybridized carbons (Fsp3) is 0.673. The summed E-state index contributed by atoms with van der Waals surface area (Å²) in [6.45, 7) is 2.28. The van der Waals surface area contributed by atoms with Gasteiger partial charge in [-0.05, 0) is 89.9 Å². The molecule has 0 radical (unpaired) electrons. The van der Waals surface area contributed by atoms with E-state index in [0.717, 1.165) is 103 Å². The lowest BCUT2D eigenvalue weighted by Gasteiger charge is -2.42. The van der Waals surface area contributed by atoms with Gasteiger partial charge in [-0.3, -0.25) is 9.59 Å². The average Bonchev–Trinajstić information content (AvgIpc) is 3.35. The van der Waals surface area contributed by atoms with Crippen LogP contribution >= 0.6 is 0 Å². The zero-order valence-electron chi connectivity index (χ0n) is 42.0. The summed E-state index contributed by atoms with van der Waals surface area (Å²) < 4.78 is 33.5. The van der Waals surface area contributed by atoms with Gasteiger partial charge in [-0.1, -0.05) is 137 Å². The van der Waals surface area contributed by atoms with Crippen LogP contribution in [0.5, 0.6) is 0 Å².